The fourth-order valence-electron chi connectivity index (χ4n) is 4.78. The van der Waals surface area contributed by atoms with Crippen LogP contribution in [0, 0.1) is 5.92 Å². The molecule has 0 aliphatic carbocycles. The van der Waals surface area contributed by atoms with Crippen LogP contribution in [0.1, 0.15) is 37.0 Å². The summed E-state index contributed by atoms with van der Waals surface area (Å²) in [5.74, 6) is -0.266. The van der Waals surface area contributed by atoms with Crippen molar-refractivity contribution in [1.29, 1.82) is 0 Å². The number of hydrogen-bond acceptors (Lipinski definition) is 5. The summed E-state index contributed by atoms with van der Waals surface area (Å²) in [6, 6.07) is 30.5. The second-order valence-corrected chi connectivity index (χ2v) is 8.72. The van der Waals surface area contributed by atoms with Crippen molar-refractivity contribution in [2.75, 3.05) is 13.7 Å². The number of rotatable bonds is 8. The Kier molecular flexibility index (Phi) is 7.78. The van der Waals surface area contributed by atoms with Crippen molar-refractivity contribution in [2.24, 2.45) is 5.92 Å². The summed E-state index contributed by atoms with van der Waals surface area (Å²) in [6.07, 6.45) is -0.640. The lowest BCUT2D eigenvalue weighted by molar-refractivity contribution is -0.249. The molecule has 1 fully saturated rings. The summed E-state index contributed by atoms with van der Waals surface area (Å²) in [4.78, 5) is 11.9. The number of methoxy groups -OCH3 is 1. The van der Waals surface area contributed by atoms with Crippen molar-refractivity contribution in [2.45, 2.75) is 44.4 Å². The molecule has 1 saturated heterocycles. The number of carbonyl (C=O) groups is 1. The van der Waals surface area contributed by atoms with Gasteiger partial charge in [-0.25, -0.2) is 0 Å². The number of benzene rings is 3. The van der Waals surface area contributed by atoms with Gasteiger partial charge < -0.3 is 18.9 Å². The Balaban J connectivity index is 1.77. The Hall–Kier alpha value is -2.99. The van der Waals surface area contributed by atoms with E-state index in [9.17, 15) is 4.79 Å². The number of ether oxygens (including phenoxy) is 4. The molecule has 3 aromatic rings. The van der Waals surface area contributed by atoms with Gasteiger partial charge in [0.25, 0.3) is 0 Å². The SMILES string of the molecule is CO[C@@H]1CC(C)[C@H](OC(C)=O)C(COC(c2ccccc2)(c2ccccc2)c2ccccc2)O1. The van der Waals surface area contributed by atoms with Crippen molar-refractivity contribution in [3.05, 3.63) is 108 Å². The lowest BCUT2D eigenvalue weighted by Gasteiger charge is -2.42. The van der Waals surface area contributed by atoms with Gasteiger partial charge >= 0.3 is 5.97 Å². The zero-order valence-corrected chi connectivity index (χ0v) is 19.9. The first kappa shape index (κ1) is 24.1. The van der Waals surface area contributed by atoms with Crippen molar-refractivity contribution >= 4 is 5.97 Å². The number of esters is 1. The predicted octanol–water partition coefficient (Wildman–Crippen LogP) is 5.32. The molecule has 5 heteroatoms. The van der Waals surface area contributed by atoms with E-state index >= 15 is 0 Å². The molecule has 0 amide bonds. The zero-order chi connectivity index (χ0) is 24.0. The van der Waals surface area contributed by atoms with E-state index < -0.39 is 17.8 Å². The molecule has 4 atom stereocenters. The fraction of sp³-hybridized carbons (Fsp3) is 0.345. The highest BCUT2D eigenvalue weighted by atomic mass is 16.7. The summed E-state index contributed by atoms with van der Waals surface area (Å²) in [7, 11) is 1.63. The van der Waals surface area contributed by atoms with E-state index in [4.69, 9.17) is 18.9 Å². The lowest BCUT2D eigenvalue weighted by Crippen LogP contribution is -2.50. The van der Waals surface area contributed by atoms with Crippen LogP contribution in [0.2, 0.25) is 0 Å². The topological polar surface area (TPSA) is 54.0 Å². The van der Waals surface area contributed by atoms with Gasteiger partial charge in [-0.3, -0.25) is 4.79 Å². The van der Waals surface area contributed by atoms with Crippen LogP contribution in [-0.2, 0) is 29.3 Å². The Labute approximate surface area is 201 Å². The minimum atomic E-state index is -0.878. The van der Waals surface area contributed by atoms with E-state index in [-0.39, 0.29) is 24.8 Å². The molecule has 1 aliphatic heterocycles. The van der Waals surface area contributed by atoms with Crippen LogP contribution in [0.3, 0.4) is 0 Å². The first-order valence-corrected chi connectivity index (χ1v) is 11.7. The average molecular weight is 461 g/mol. The minimum absolute atomic E-state index is 0.0655. The smallest absolute Gasteiger partial charge is 0.303 e. The Morgan fingerprint density at radius 2 is 1.35 bits per heavy atom. The molecule has 0 N–H and O–H groups in total. The maximum absolute atomic E-state index is 11.9. The third-order valence-electron chi connectivity index (χ3n) is 6.39. The van der Waals surface area contributed by atoms with Gasteiger partial charge in [-0.2, -0.15) is 0 Å². The van der Waals surface area contributed by atoms with E-state index in [1.165, 1.54) is 6.92 Å². The summed E-state index contributed by atoms with van der Waals surface area (Å²) < 4.78 is 24.3. The molecule has 2 unspecified atom stereocenters. The Bertz CT molecular complexity index is 941. The second-order valence-electron chi connectivity index (χ2n) is 8.72. The first-order chi connectivity index (χ1) is 16.5. The quantitative estimate of drug-likeness (QED) is 0.336. The van der Waals surface area contributed by atoms with Crippen LogP contribution in [0.25, 0.3) is 0 Å². The van der Waals surface area contributed by atoms with Crippen LogP contribution >= 0.6 is 0 Å². The van der Waals surface area contributed by atoms with Crippen molar-refractivity contribution in [3.63, 3.8) is 0 Å². The van der Waals surface area contributed by atoms with Crippen molar-refractivity contribution in [1.82, 2.24) is 0 Å². The zero-order valence-electron chi connectivity index (χ0n) is 19.9. The van der Waals surface area contributed by atoms with Crippen LogP contribution in [-0.4, -0.2) is 38.2 Å². The molecule has 0 aromatic heterocycles. The van der Waals surface area contributed by atoms with Crippen LogP contribution in [0.4, 0.5) is 0 Å². The average Bonchev–Trinajstić information content (AvgIpc) is 2.88. The molecule has 4 rings (SSSR count). The normalized spacial score (nSPS) is 22.8. The largest absolute Gasteiger partial charge is 0.459 e. The predicted molar refractivity (Wildman–Crippen MR) is 130 cm³/mol. The third kappa shape index (κ3) is 5.07. The molecule has 178 valence electrons. The highest BCUT2D eigenvalue weighted by Gasteiger charge is 2.43. The molecule has 3 aromatic carbocycles. The van der Waals surface area contributed by atoms with E-state index in [0.29, 0.717) is 6.42 Å². The van der Waals surface area contributed by atoms with Gasteiger partial charge in [-0.05, 0) is 16.7 Å². The minimum Gasteiger partial charge on any atom is -0.459 e. The van der Waals surface area contributed by atoms with Gasteiger partial charge in [0, 0.05) is 26.4 Å². The highest BCUT2D eigenvalue weighted by Crippen LogP contribution is 2.41. The molecule has 0 spiro atoms. The molecular weight excluding hydrogens is 428 g/mol. The monoisotopic (exact) mass is 460 g/mol. The van der Waals surface area contributed by atoms with Crippen molar-refractivity contribution in [3.8, 4) is 0 Å². The maximum Gasteiger partial charge on any atom is 0.303 e. The lowest BCUT2D eigenvalue weighted by atomic mass is 9.80. The number of carbonyl (C=O) groups excluding carboxylic acids is 1. The van der Waals surface area contributed by atoms with Crippen molar-refractivity contribution < 1.29 is 23.7 Å². The standard InChI is InChI=1S/C29H32O5/c1-21-19-27(31-3)34-26(28(21)33-22(2)30)20-32-29(23-13-7-4-8-14-23,24-15-9-5-10-16-24)25-17-11-6-12-18-25/h4-18,21,26-28H,19-20H2,1-3H3/t21?,26?,27-,28-/m0/s1. The van der Waals surface area contributed by atoms with Gasteiger partial charge in [0.1, 0.15) is 17.8 Å². The molecule has 1 aliphatic rings. The summed E-state index contributed by atoms with van der Waals surface area (Å²) in [5, 5.41) is 0. The van der Waals surface area contributed by atoms with Gasteiger partial charge in [0.05, 0.1) is 6.61 Å². The summed E-state index contributed by atoms with van der Waals surface area (Å²) in [5.41, 5.74) is 2.13. The maximum atomic E-state index is 11.9. The Morgan fingerprint density at radius 1 is 0.882 bits per heavy atom. The fourth-order valence-corrected chi connectivity index (χ4v) is 4.78. The van der Waals surface area contributed by atoms with Gasteiger partial charge in [-0.1, -0.05) is 97.9 Å². The first-order valence-electron chi connectivity index (χ1n) is 11.7. The van der Waals surface area contributed by atoms with Gasteiger partial charge in [0.15, 0.2) is 6.29 Å². The molecule has 0 saturated carbocycles. The van der Waals surface area contributed by atoms with Crippen LogP contribution < -0.4 is 0 Å². The van der Waals surface area contributed by atoms with E-state index in [1.54, 1.807) is 7.11 Å². The van der Waals surface area contributed by atoms with E-state index in [1.807, 2.05) is 61.5 Å². The van der Waals surface area contributed by atoms with Crippen LogP contribution in [0.5, 0.6) is 0 Å². The second kappa shape index (κ2) is 11.0. The number of hydrogen-bond donors (Lipinski definition) is 0. The Morgan fingerprint density at radius 3 is 1.76 bits per heavy atom. The van der Waals surface area contributed by atoms with Crippen LogP contribution in [0.15, 0.2) is 91.0 Å². The molecule has 0 bridgehead atoms. The van der Waals surface area contributed by atoms with Gasteiger partial charge in [0.2, 0.25) is 0 Å². The third-order valence-corrected chi connectivity index (χ3v) is 6.39. The molecule has 5 nitrogen and oxygen atoms in total. The molecular formula is C29H32O5. The van der Waals surface area contributed by atoms with E-state index in [0.717, 1.165) is 16.7 Å². The van der Waals surface area contributed by atoms with Gasteiger partial charge in [-0.15, -0.1) is 0 Å². The highest BCUT2D eigenvalue weighted by molar-refractivity contribution is 5.66. The molecule has 0 radical (unpaired) electrons. The van der Waals surface area contributed by atoms with E-state index in [2.05, 4.69) is 36.4 Å². The molecule has 34 heavy (non-hydrogen) atoms. The summed E-state index contributed by atoms with van der Waals surface area (Å²) >= 11 is 0. The molecule has 1 heterocycles. The summed E-state index contributed by atoms with van der Waals surface area (Å²) in [6.45, 7) is 3.68.